The molecule has 0 aliphatic carbocycles. The van der Waals surface area contributed by atoms with Crippen LogP contribution in [0, 0.1) is 18.3 Å². The molecule has 1 atom stereocenters. The zero-order chi connectivity index (χ0) is 23.5. The highest BCUT2D eigenvalue weighted by atomic mass is 16.5. The van der Waals surface area contributed by atoms with Crippen molar-refractivity contribution in [3.05, 3.63) is 98.8 Å². The first-order chi connectivity index (χ1) is 16.0. The number of pyridine rings is 1. The lowest BCUT2D eigenvalue weighted by Gasteiger charge is -2.28. The van der Waals surface area contributed by atoms with Crippen molar-refractivity contribution in [1.29, 1.82) is 5.26 Å². The second-order valence-corrected chi connectivity index (χ2v) is 7.76. The van der Waals surface area contributed by atoms with Crippen LogP contribution in [-0.4, -0.2) is 18.8 Å². The summed E-state index contributed by atoms with van der Waals surface area (Å²) in [6, 6.07) is 19.3. The molecular weight excluding hydrogens is 418 g/mol. The van der Waals surface area contributed by atoms with E-state index >= 15 is 0 Å². The monoisotopic (exact) mass is 443 g/mol. The Morgan fingerprint density at radius 3 is 2.55 bits per heavy atom. The quantitative estimate of drug-likeness (QED) is 0.625. The van der Waals surface area contributed by atoms with Crippen LogP contribution in [0.25, 0.3) is 0 Å². The number of rotatable bonds is 6. The molecule has 0 saturated heterocycles. The van der Waals surface area contributed by atoms with Crippen LogP contribution < -0.4 is 25.5 Å². The molecule has 7 nitrogen and oxygen atoms in total. The number of fused-ring (bicyclic) bond motifs is 1. The Balaban J connectivity index is 1.90. The molecule has 1 aliphatic heterocycles. The number of aryl methyl sites for hydroxylation is 2. The first kappa shape index (κ1) is 22.0. The summed E-state index contributed by atoms with van der Waals surface area (Å²) in [4.78, 5) is 13.8. The van der Waals surface area contributed by atoms with Crippen LogP contribution in [-0.2, 0) is 13.0 Å². The minimum Gasteiger partial charge on any atom is -0.493 e. The second kappa shape index (κ2) is 9.13. The summed E-state index contributed by atoms with van der Waals surface area (Å²) in [6.45, 7) is 2.35. The predicted octanol–water partition coefficient (Wildman–Crippen LogP) is 3.63. The third-order valence-corrected chi connectivity index (χ3v) is 5.90. The van der Waals surface area contributed by atoms with E-state index in [0.29, 0.717) is 41.3 Å². The van der Waals surface area contributed by atoms with Gasteiger partial charge in [0.15, 0.2) is 11.5 Å². The van der Waals surface area contributed by atoms with E-state index in [1.807, 2.05) is 37.3 Å². The zero-order valence-electron chi connectivity index (χ0n) is 18.8. The molecule has 0 radical (unpaired) electrons. The molecule has 4 rings (SSSR count). The van der Waals surface area contributed by atoms with E-state index in [4.69, 9.17) is 19.9 Å². The van der Waals surface area contributed by atoms with Crippen molar-refractivity contribution >= 4 is 0 Å². The Labute approximate surface area is 192 Å². The number of methoxy groups -OCH3 is 2. The summed E-state index contributed by atoms with van der Waals surface area (Å²) >= 11 is 0. The van der Waals surface area contributed by atoms with Crippen molar-refractivity contribution in [3.63, 3.8) is 0 Å². The summed E-state index contributed by atoms with van der Waals surface area (Å²) in [5.41, 5.74) is 8.89. The highest BCUT2D eigenvalue weighted by molar-refractivity contribution is 5.60. The van der Waals surface area contributed by atoms with Gasteiger partial charge in [0.2, 0.25) is 5.88 Å². The number of hydrogen-bond donors (Lipinski definition) is 1. The number of ether oxygens (including phenoxy) is 3. The predicted molar refractivity (Wildman–Crippen MR) is 124 cm³/mol. The van der Waals surface area contributed by atoms with Gasteiger partial charge in [-0.3, -0.25) is 4.79 Å². The van der Waals surface area contributed by atoms with E-state index in [0.717, 1.165) is 11.3 Å². The lowest BCUT2D eigenvalue weighted by atomic mass is 9.83. The maximum absolute atomic E-state index is 13.8. The van der Waals surface area contributed by atoms with Gasteiger partial charge >= 0.3 is 0 Å². The molecule has 0 fully saturated rings. The van der Waals surface area contributed by atoms with Gasteiger partial charge in [0.1, 0.15) is 17.4 Å². The molecule has 1 aliphatic rings. The van der Waals surface area contributed by atoms with Gasteiger partial charge in [-0.1, -0.05) is 42.5 Å². The third kappa shape index (κ3) is 3.92. The van der Waals surface area contributed by atoms with Gasteiger partial charge in [-0.15, -0.1) is 0 Å². The number of aromatic nitrogens is 1. The standard InChI is InChI=1S/C26H25N3O4/c1-16-14-21-23(26(30)29(16)13-12-17-8-5-4-6-9-17)22(19(15-27)25(28)33-21)18-10-7-11-20(31-2)24(18)32-3/h4-11,14,22H,12-13,28H2,1-3H3. The van der Waals surface area contributed by atoms with E-state index in [2.05, 4.69) is 6.07 Å². The van der Waals surface area contributed by atoms with E-state index in [9.17, 15) is 10.1 Å². The van der Waals surface area contributed by atoms with Crippen LogP contribution in [0.4, 0.5) is 0 Å². The number of nitrogens with two attached hydrogens (primary N) is 1. The fraction of sp³-hybridized carbons (Fsp3) is 0.231. The molecular formula is C26H25N3O4. The van der Waals surface area contributed by atoms with Crippen molar-refractivity contribution in [2.75, 3.05) is 14.2 Å². The fourth-order valence-corrected chi connectivity index (χ4v) is 4.30. The van der Waals surface area contributed by atoms with Gasteiger partial charge < -0.3 is 24.5 Å². The van der Waals surface area contributed by atoms with Crippen molar-refractivity contribution in [3.8, 4) is 23.3 Å². The average Bonchev–Trinajstić information content (AvgIpc) is 2.83. The zero-order valence-corrected chi connectivity index (χ0v) is 18.8. The average molecular weight is 444 g/mol. The van der Waals surface area contributed by atoms with Gasteiger partial charge in [0, 0.05) is 23.9 Å². The molecule has 0 amide bonds. The Morgan fingerprint density at radius 1 is 1.12 bits per heavy atom. The van der Waals surface area contributed by atoms with Gasteiger partial charge in [0.05, 0.1) is 25.7 Å². The van der Waals surface area contributed by atoms with Crippen LogP contribution in [0.5, 0.6) is 17.2 Å². The highest BCUT2D eigenvalue weighted by Gasteiger charge is 2.36. The largest absolute Gasteiger partial charge is 0.493 e. The molecule has 0 bridgehead atoms. The van der Waals surface area contributed by atoms with Gasteiger partial charge in [-0.05, 0) is 25.0 Å². The van der Waals surface area contributed by atoms with E-state index in [1.54, 1.807) is 28.8 Å². The minimum atomic E-state index is -0.750. The van der Waals surface area contributed by atoms with Crippen molar-refractivity contribution < 1.29 is 14.2 Å². The number of hydrogen-bond acceptors (Lipinski definition) is 6. The lowest BCUT2D eigenvalue weighted by molar-refractivity contribution is 0.348. The minimum absolute atomic E-state index is 0.0271. The summed E-state index contributed by atoms with van der Waals surface area (Å²) in [6.07, 6.45) is 0.692. The smallest absolute Gasteiger partial charge is 0.258 e. The Hall–Kier alpha value is -4.18. The molecule has 1 aromatic heterocycles. The van der Waals surface area contributed by atoms with Gasteiger partial charge in [-0.25, -0.2) is 0 Å². The van der Waals surface area contributed by atoms with Gasteiger partial charge in [0.25, 0.3) is 5.56 Å². The number of para-hydroxylation sites is 1. The van der Waals surface area contributed by atoms with Crippen LogP contribution in [0.3, 0.4) is 0 Å². The number of nitriles is 1. The molecule has 2 heterocycles. The highest BCUT2D eigenvalue weighted by Crippen LogP contribution is 2.46. The maximum atomic E-state index is 13.8. The first-order valence-electron chi connectivity index (χ1n) is 10.6. The molecule has 168 valence electrons. The van der Waals surface area contributed by atoms with E-state index < -0.39 is 5.92 Å². The van der Waals surface area contributed by atoms with Gasteiger partial charge in [-0.2, -0.15) is 5.26 Å². The number of allylic oxidation sites excluding steroid dienone is 1. The van der Waals surface area contributed by atoms with Crippen molar-refractivity contribution in [2.45, 2.75) is 25.8 Å². The first-order valence-corrected chi connectivity index (χ1v) is 10.6. The van der Waals surface area contributed by atoms with Crippen LogP contribution in [0.15, 0.2) is 70.8 Å². The lowest BCUT2D eigenvalue weighted by Crippen LogP contribution is -2.33. The molecule has 2 N–H and O–H groups in total. The van der Waals surface area contributed by atoms with Crippen molar-refractivity contribution in [1.82, 2.24) is 4.57 Å². The Kier molecular flexibility index (Phi) is 6.09. The summed E-state index contributed by atoms with van der Waals surface area (Å²) in [5, 5.41) is 9.93. The summed E-state index contributed by atoms with van der Waals surface area (Å²) in [5.74, 6) is 0.505. The van der Waals surface area contributed by atoms with E-state index in [-0.39, 0.29) is 17.0 Å². The normalized spacial score (nSPS) is 14.8. The third-order valence-electron chi connectivity index (χ3n) is 5.90. The maximum Gasteiger partial charge on any atom is 0.258 e. The van der Waals surface area contributed by atoms with Crippen LogP contribution in [0.2, 0.25) is 0 Å². The molecule has 33 heavy (non-hydrogen) atoms. The van der Waals surface area contributed by atoms with Crippen LogP contribution in [0.1, 0.15) is 28.3 Å². The molecule has 3 aromatic rings. The second-order valence-electron chi connectivity index (χ2n) is 7.76. The topological polar surface area (TPSA) is 99.5 Å². The molecule has 7 heteroatoms. The SMILES string of the molecule is COc1cccc(C2C(C#N)=C(N)Oc3cc(C)n(CCc4ccccc4)c(=O)c32)c1OC. The summed E-state index contributed by atoms with van der Waals surface area (Å²) in [7, 11) is 3.06. The van der Waals surface area contributed by atoms with E-state index in [1.165, 1.54) is 14.2 Å². The Morgan fingerprint density at radius 2 is 1.88 bits per heavy atom. The molecule has 1 unspecified atom stereocenters. The molecule has 2 aromatic carbocycles. The van der Waals surface area contributed by atoms with Crippen LogP contribution >= 0.6 is 0 Å². The number of benzene rings is 2. The molecule has 0 saturated carbocycles. The number of nitrogens with zero attached hydrogens (tertiary/aromatic N) is 2. The Bertz CT molecular complexity index is 1320. The molecule has 0 spiro atoms. The fourth-order valence-electron chi connectivity index (χ4n) is 4.30. The van der Waals surface area contributed by atoms with Crippen molar-refractivity contribution in [2.24, 2.45) is 5.73 Å². The summed E-state index contributed by atoms with van der Waals surface area (Å²) < 4.78 is 18.5.